The van der Waals surface area contributed by atoms with Crippen LogP contribution in [0.15, 0.2) is 24.3 Å². The zero-order valence-corrected chi connectivity index (χ0v) is 9.59. The van der Waals surface area contributed by atoms with Gasteiger partial charge in [0.25, 0.3) is 0 Å². The molecule has 1 rings (SSSR count). The lowest BCUT2D eigenvalue weighted by atomic mass is 10.1. The summed E-state index contributed by atoms with van der Waals surface area (Å²) in [6, 6.07) is 6.99. The Labute approximate surface area is 98.5 Å². The molecule has 0 aliphatic rings. The molecule has 5 heteroatoms. The van der Waals surface area contributed by atoms with Crippen LogP contribution in [0, 0.1) is 0 Å². The molecule has 1 atom stereocenters. The summed E-state index contributed by atoms with van der Waals surface area (Å²) in [4.78, 5) is 0. The highest BCUT2D eigenvalue weighted by Crippen LogP contribution is 2.20. The number of aliphatic hydroxyl groups excluding tert-OH is 1. The van der Waals surface area contributed by atoms with Crippen LogP contribution in [-0.2, 0) is 6.61 Å². The lowest BCUT2D eigenvalue weighted by Crippen LogP contribution is -2.24. The highest BCUT2D eigenvalue weighted by molar-refractivity contribution is 5.25. The van der Waals surface area contributed by atoms with Crippen molar-refractivity contribution in [3.05, 3.63) is 35.4 Å². The second kappa shape index (κ2) is 6.02. The molecule has 0 bridgehead atoms. The quantitative estimate of drug-likeness (QED) is 0.838. The topological polar surface area (TPSA) is 32.3 Å². The Morgan fingerprint density at radius 3 is 2.65 bits per heavy atom. The second-order valence-electron chi connectivity index (χ2n) is 3.94. The minimum atomic E-state index is -4.13. The summed E-state index contributed by atoms with van der Waals surface area (Å²) in [5.74, 6) is 0. The van der Waals surface area contributed by atoms with Gasteiger partial charge >= 0.3 is 6.18 Å². The van der Waals surface area contributed by atoms with E-state index in [0.29, 0.717) is 0 Å². The fourth-order valence-electron chi connectivity index (χ4n) is 1.51. The Morgan fingerprint density at radius 1 is 1.35 bits per heavy atom. The van der Waals surface area contributed by atoms with Gasteiger partial charge in [-0.05, 0) is 18.1 Å². The number of halogens is 3. The van der Waals surface area contributed by atoms with Gasteiger partial charge in [-0.15, -0.1) is 0 Å². The standard InChI is InChI=1S/C12H16F3NO/c1-9(16-6-5-12(13,14)15)11-4-2-3-10(7-11)8-17/h2-4,7,9,16-17H,5-6,8H2,1H3. The highest BCUT2D eigenvalue weighted by atomic mass is 19.4. The molecule has 0 saturated heterocycles. The van der Waals surface area contributed by atoms with Crippen molar-refractivity contribution in [1.82, 2.24) is 5.32 Å². The van der Waals surface area contributed by atoms with E-state index in [2.05, 4.69) is 5.32 Å². The summed E-state index contributed by atoms with van der Waals surface area (Å²) in [6.45, 7) is 1.63. The van der Waals surface area contributed by atoms with E-state index >= 15 is 0 Å². The van der Waals surface area contributed by atoms with Gasteiger partial charge in [-0.2, -0.15) is 13.2 Å². The molecule has 0 fully saturated rings. The van der Waals surface area contributed by atoms with Crippen molar-refractivity contribution in [1.29, 1.82) is 0 Å². The van der Waals surface area contributed by atoms with Crippen LogP contribution in [0.3, 0.4) is 0 Å². The maximum absolute atomic E-state index is 12.0. The average Bonchev–Trinajstić information content (AvgIpc) is 2.27. The molecule has 17 heavy (non-hydrogen) atoms. The molecule has 1 unspecified atom stereocenters. The van der Waals surface area contributed by atoms with Crippen molar-refractivity contribution >= 4 is 0 Å². The van der Waals surface area contributed by atoms with Crippen molar-refractivity contribution in [2.75, 3.05) is 6.54 Å². The Morgan fingerprint density at radius 2 is 2.06 bits per heavy atom. The first-order chi connectivity index (χ1) is 7.92. The summed E-state index contributed by atoms with van der Waals surface area (Å²) in [5, 5.41) is 11.8. The van der Waals surface area contributed by atoms with Crippen LogP contribution in [0.25, 0.3) is 0 Å². The second-order valence-corrected chi connectivity index (χ2v) is 3.94. The molecule has 1 aromatic carbocycles. The minimum Gasteiger partial charge on any atom is -0.392 e. The number of nitrogens with one attached hydrogen (secondary N) is 1. The van der Waals surface area contributed by atoms with E-state index < -0.39 is 12.6 Å². The number of benzene rings is 1. The van der Waals surface area contributed by atoms with E-state index in [1.165, 1.54) is 0 Å². The molecule has 0 aliphatic heterocycles. The molecular weight excluding hydrogens is 231 g/mol. The molecule has 0 aliphatic carbocycles. The fourth-order valence-corrected chi connectivity index (χ4v) is 1.51. The molecule has 2 N–H and O–H groups in total. The van der Waals surface area contributed by atoms with Crippen LogP contribution in [0.4, 0.5) is 13.2 Å². The number of hydrogen-bond donors (Lipinski definition) is 2. The third-order valence-corrected chi connectivity index (χ3v) is 2.49. The predicted molar refractivity (Wildman–Crippen MR) is 59.5 cm³/mol. The fraction of sp³-hybridized carbons (Fsp3) is 0.500. The minimum absolute atomic E-state index is 0.0664. The first-order valence-electron chi connectivity index (χ1n) is 5.42. The molecule has 0 heterocycles. The molecule has 0 amide bonds. The van der Waals surface area contributed by atoms with Gasteiger partial charge in [0.15, 0.2) is 0 Å². The largest absolute Gasteiger partial charge is 0.392 e. The van der Waals surface area contributed by atoms with Gasteiger partial charge in [-0.25, -0.2) is 0 Å². The van der Waals surface area contributed by atoms with Crippen LogP contribution in [0.1, 0.15) is 30.5 Å². The van der Waals surface area contributed by atoms with Crippen LogP contribution in [0.2, 0.25) is 0 Å². The molecule has 2 nitrogen and oxygen atoms in total. The van der Waals surface area contributed by atoms with Crippen LogP contribution in [-0.4, -0.2) is 17.8 Å². The molecule has 1 aromatic rings. The normalized spacial score (nSPS) is 13.7. The first kappa shape index (κ1) is 14.0. The van der Waals surface area contributed by atoms with Crippen molar-refractivity contribution < 1.29 is 18.3 Å². The SMILES string of the molecule is CC(NCCC(F)(F)F)c1cccc(CO)c1. The Kier molecular flexibility index (Phi) is 4.96. The van der Waals surface area contributed by atoms with Gasteiger partial charge in [-0.1, -0.05) is 24.3 Å². The highest BCUT2D eigenvalue weighted by Gasteiger charge is 2.26. The van der Waals surface area contributed by atoms with E-state index in [9.17, 15) is 13.2 Å². The number of aliphatic hydroxyl groups is 1. The smallest absolute Gasteiger partial charge is 0.390 e. The van der Waals surface area contributed by atoms with E-state index in [0.717, 1.165) is 11.1 Å². The number of alkyl halides is 3. The van der Waals surface area contributed by atoms with Crippen LogP contribution < -0.4 is 5.32 Å². The van der Waals surface area contributed by atoms with Crippen LogP contribution in [0.5, 0.6) is 0 Å². The van der Waals surface area contributed by atoms with Gasteiger partial charge in [0.1, 0.15) is 0 Å². The lowest BCUT2D eigenvalue weighted by molar-refractivity contribution is -0.133. The lowest BCUT2D eigenvalue weighted by Gasteiger charge is -2.15. The van der Waals surface area contributed by atoms with E-state index in [1.807, 2.05) is 6.07 Å². The van der Waals surface area contributed by atoms with Gasteiger partial charge in [0, 0.05) is 12.6 Å². The molecule has 0 spiro atoms. The van der Waals surface area contributed by atoms with Gasteiger partial charge in [0.2, 0.25) is 0 Å². The third-order valence-electron chi connectivity index (χ3n) is 2.49. The molecule has 0 saturated carbocycles. The van der Waals surface area contributed by atoms with E-state index in [4.69, 9.17) is 5.11 Å². The molecular formula is C12H16F3NO. The van der Waals surface area contributed by atoms with Crippen molar-refractivity contribution in [2.24, 2.45) is 0 Å². The summed E-state index contributed by atoms with van der Waals surface area (Å²) >= 11 is 0. The number of hydrogen-bond acceptors (Lipinski definition) is 2. The predicted octanol–water partition coefficient (Wildman–Crippen LogP) is 2.78. The summed E-state index contributed by atoms with van der Waals surface area (Å²) < 4.78 is 35.9. The summed E-state index contributed by atoms with van der Waals surface area (Å²) in [7, 11) is 0. The van der Waals surface area contributed by atoms with Crippen molar-refractivity contribution in [2.45, 2.75) is 32.2 Å². The maximum atomic E-state index is 12.0. The van der Waals surface area contributed by atoms with Gasteiger partial charge in [-0.3, -0.25) is 0 Å². The van der Waals surface area contributed by atoms with E-state index in [1.54, 1.807) is 25.1 Å². The monoisotopic (exact) mass is 247 g/mol. The molecule has 96 valence electrons. The van der Waals surface area contributed by atoms with Crippen LogP contribution >= 0.6 is 0 Å². The third kappa shape index (κ3) is 5.19. The Bertz CT molecular complexity index is 352. The van der Waals surface area contributed by atoms with E-state index in [-0.39, 0.29) is 19.2 Å². The van der Waals surface area contributed by atoms with Gasteiger partial charge in [0.05, 0.1) is 13.0 Å². The maximum Gasteiger partial charge on any atom is 0.390 e. The molecule has 0 radical (unpaired) electrons. The zero-order valence-electron chi connectivity index (χ0n) is 9.59. The first-order valence-corrected chi connectivity index (χ1v) is 5.42. The molecule has 0 aromatic heterocycles. The summed E-state index contributed by atoms with van der Waals surface area (Å²) in [5.41, 5.74) is 1.63. The summed E-state index contributed by atoms with van der Waals surface area (Å²) in [6.07, 6.45) is -4.96. The van der Waals surface area contributed by atoms with Crippen molar-refractivity contribution in [3.8, 4) is 0 Å². The zero-order chi connectivity index (χ0) is 12.9. The Hall–Kier alpha value is -1.07. The Balaban J connectivity index is 2.49. The van der Waals surface area contributed by atoms with Gasteiger partial charge < -0.3 is 10.4 Å². The number of rotatable bonds is 5. The average molecular weight is 247 g/mol. The van der Waals surface area contributed by atoms with Crippen molar-refractivity contribution in [3.63, 3.8) is 0 Å².